The van der Waals surface area contributed by atoms with Crippen molar-refractivity contribution in [1.82, 2.24) is 4.98 Å². The van der Waals surface area contributed by atoms with Crippen LogP contribution in [0.1, 0.15) is 29.2 Å². The fraction of sp³-hybridized carbons (Fsp3) is 0.273. The van der Waals surface area contributed by atoms with E-state index in [2.05, 4.69) is 36.3 Å². The van der Waals surface area contributed by atoms with Gasteiger partial charge in [-0.15, -0.1) is 11.3 Å². The van der Waals surface area contributed by atoms with Crippen LogP contribution in [0.15, 0.2) is 35.7 Å². The van der Waals surface area contributed by atoms with E-state index in [-0.39, 0.29) is 5.91 Å². The normalized spacial score (nSPS) is 11.9. The maximum absolute atomic E-state index is 12.5. The smallest absolute Gasteiger partial charge is 0.266 e. The molecule has 1 unspecified atom stereocenters. The molecule has 0 saturated heterocycles. The summed E-state index contributed by atoms with van der Waals surface area (Å²) >= 11 is 7.58. The van der Waals surface area contributed by atoms with E-state index in [1.54, 1.807) is 6.92 Å². The van der Waals surface area contributed by atoms with Gasteiger partial charge in [0.05, 0.1) is 5.69 Å². The first-order valence-corrected chi connectivity index (χ1v) is 10.3. The Labute approximate surface area is 174 Å². The van der Waals surface area contributed by atoms with Gasteiger partial charge in [-0.2, -0.15) is 0 Å². The minimum Gasteiger partial charge on any atom is -0.481 e. The summed E-state index contributed by atoms with van der Waals surface area (Å²) in [6, 6.07) is 9.89. The van der Waals surface area contributed by atoms with Crippen LogP contribution < -0.4 is 10.1 Å². The minimum absolute atomic E-state index is 0.244. The number of ether oxygens (including phenoxy) is 1. The number of carbonyl (C=O) groups is 1. The van der Waals surface area contributed by atoms with E-state index in [9.17, 15) is 4.79 Å². The van der Waals surface area contributed by atoms with E-state index in [1.807, 2.05) is 37.4 Å². The summed E-state index contributed by atoms with van der Waals surface area (Å²) in [5.74, 6) is 0.378. The van der Waals surface area contributed by atoms with Crippen molar-refractivity contribution in [2.24, 2.45) is 0 Å². The Bertz CT molecular complexity index is 1010. The molecule has 0 radical (unpaired) electrons. The second-order valence-corrected chi connectivity index (χ2v) is 8.19. The number of anilines is 1. The van der Waals surface area contributed by atoms with Crippen molar-refractivity contribution in [3.63, 3.8) is 0 Å². The van der Waals surface area contributed by atoms with Gasteiger partial charge in [0, 0.05) is 16.0 Å². The molecular weight excluding hydrogens is 392 g/mol. The van der Waals surface area contributed by atoms with Crippen LogP contribution in [0.25, 0.3) is 11.3 Å². The Hall–Kier alpha value is -2.37. The first-order chi connectivity index (χ1) is 13.2. The number of aryl methyl sites for hydroxylation is 4. The number of thiazole rings is 1. The van der Waals surface area contributed by atoms with E-state index in [0.29, 0.717) is 15.9 Å². The maximum atomic E-state index is 12.5. The Morgan fingerprint density at radius 3 is 2.39 bits per heavy atom. The summed E-state index contributed by atoms with van der Waals surface area (Å²) in [6.45, 7) is 9.70. The Kier molecular flexibility index (Phi) is 6.06. The number of halogens is 1. The highest BCUT2D eigenvalue weighted by Crippen LogP contribution is 2.28. The number of rotatable bonds is 5. The molecule has 0 aliphatic carbocycles. The van der Waals surface area contributed by atoms with E-state index < -0.39 is 6.10 Å². The van der Waals surface area contributed by atoms with Crippen molar-refractivity contribution in [2.75, 3.05) is 5.32 Å². The molecule has 1 heterocycles. The number of benzene rings is 2. The van der Waals surface area contributed by atoms with Crippen molar-refractivity contribution < 1.29 is 9.53 Å². The van der Waals surface area contributed by atoms with Gasteiger partial charge in [-0.25, -0.2) is 4.98 Å². The zero-order chi connectivity index (χ0) is 20.4. The number of nitrogens with one attached hydrogen (secondary N) is 1. The number of aromatic nitrogens is 1. The standard InChI is InChI=1S/C22H23ClN2O2S/c1-12-6-7-17(8-13(12)2)19-11-28-22(24-19)25-21(26)16(5)27-18-9-14(3)20(23)15(4)10-18/h6-11,16H,1-5H3,(H,24,25,26). The molecule has 3 aromatic rings. The van der Waals surface area contributed by atoms with Crippen LogP contribution in [-0.2, 0) is 4.79 Å². The second-order valence-electron chi connectivity index (χ2n) is 6.96. The quantitative estimate of drug-likeness (QED) is 0.548. The zero-order valence-electron chi connectivity index (χ0n) is 16.6. The molecule has 0 fully saturated rings. The van der Waals surface area contributed by atoms with Crippen molar-refractivity contribution >= 4 is 34.0 Å². The third-order valence-electron chi connectivity index (χ3n) is 4.63. The van der Waals surface area contributed by atoms with Gasteiger partial charge in [-0.3, -0.25) is 10.1 Å². The summed E-state index contributed by atoms with van der Waals surface area (Å²) < 4.78 is 5.79. The molecule has 28 heavy (non-hydrogen) atoms. The summed E-state index contributed by atoms with van der Waals surface area (Å²) in [5, 5.41) is 6.04. The molecule has 4 nitrogen and oxygen atoms in total. The topological polar surface area (TPSA) is 51.2 Å². The molecule has 0 aliphatic rings. The predicted molar refractivity (Wildman–Crippen MR) is 117 cm³/mol. The molecule has 6 heteroatoms. The lowest BCUT2D eigenvalue weighted by molar-refractivity contribution is -0.122. The molecule has 1 aromatic heterocycles. The first-order valence-electron chi connectivity index (χ1n) is 9.02. The highest BCUT2D eigenvalue weighted by Gasteiger charge is 2.17. The fourth-order valence-electron chi connectivity index (χ4n) is 2.80. The molecule has 0 aliphatic heterocycles. The number of amides is 1. The minimum atomic E-state index is -0.658. The van der Waals surface area contributed by atoms with E-state index in [0.717, 1.165) is 22.4 Å². The zero-order valence-corrected chi connectivity index (χ0v) is 18.2. The van der Waals surface area contributed by atoms with Gasteiger partial charge in [0.2, 0.25) is 0 Å². The van der Waals surface area contributed by atoms with Crippen LogP contribution in [0.4, 0.5) is 5.13 Å². The lowest BCUT2D eigenvalue weighted by atomic mass is 10.1. The van der Waals surface area contributed by atoms with Crippen LogP contribution in [0.5, 0.6) is 5.75 Å². The second kappa shape index (κ2) is 8.33. The van der Waals surface area contributed by atoms with Crippen molar-refractivity contribution in [2.45, 2.75) is 40.7 Å². The average molecular weight is 415 g/mol. The maximum Gasteiger partial charge on any atom is 0.266 e. The molecule has 2 aromatic carbocycles. The number of hydrogen-bond donors (Lipinski definition) is 1. The molecule has 3 rings (SSSR count). The van der Waals surface area contributed by atoms with Gasteiger partial charge in [0.1, 0.15) is 5.75 Å². The van der Waals surface area contributed by atoms with Gasteiger partial charge < -0.3 is 4.74 Å². The third-order valence-corrected chi connectivity index (χ3v) is 5.98. The van der Waals surface area contributed by atoms with Gasteiger partial charge in [-0.1, -0.05) is 23.7 Å². The molecule has 1 atom stereocenters. The van der Waals surface area contributed by atoms with Gasteiger partial charge >= 0.3 is 0 Å². The van der Waals surface area contributed by atoms with Crippen LogP contribution in [-0.4, -0.2) is 17.0 Å². The monoisotopic (exact) mass is 414 g/mol. The Balaban J connectivity index is 1.67. The summed E-state index contributed by atoms with van der Waals surface area (Å²) in [6.07, 6.45) is -0.658. The number of carbonyl (C=O) groups excluding carboxylic acids is 1. The lowest BCUT2D eigenvalue weighted by Crippen LogP contribution is -2.30. The predicted octanol–water partition coefficient (Wildman–Crippen LogP) is 6.10. The average Bonchev–Trinajstić information content (AvgIpc) is 3.10. The SMILES string of the molecule is Cc1ccc(-c2csc(NC(=O)C(C)Oc3cc(C)c(Cl)c(C)c3)n2)cc1C. The highest BCUT2D eigenvalue weighted by atomic mass is 35.5. The lowest BCUT2D eigenvalue weighted by Gasteiger charge is -2.15. The summed E-state index contributed by atoms with van der Waals surface area (Å²) in [5.41, 5.74) is 6.18. The van der Waals surface area contributed by atoms with Gasteiger partial charge in [0.15, 0.2) is 11.2 Å². The Morgan fingerprint density at radius 1 is 1.07 bits per heavy atom. The Morgan fingerprint density at radius 2 is 1.75 bits per heavy atom. The molecule has 146 valence electrons. The molecular formula is C22H23ClN2O2S. The fourth-order valence-corrected chi connectivity index (χ4v) is 3.64. The molecule has 0 bridgehead atoms. The number of hydrogen-bond acceptors (Lipinski definition) is 4. The molecule has 0 saturated carbocycles. The first kappa shape index (κ1) is 20.4. The van der Waals surface area contributed by atoms with Crippen LogP contribution in [0.3, 0.4) is 0 Å². The van der Waals surface area contributed by atoms with E-state index >= 15 is 0 Å². The molecule has 1 N–H and O–H groups in total. The van der Waals surface area contributed by atoms with Crippen molar-refractivity contribution in [3.05, 3.63) is 63.0 Å². The van der Waals surface area contributed by atoms with Crippen LogP contribution in [0.2, 0.25) is 5.02 Å². The molecule has 0 spiro atoms. The van der Waals surface area contributed by atoms with E-state index in [1.165, 1.54) is 22.5 Å². The van der Waals surface area contributed by atoms with Crippen LogP contribution >= 0.6 is 22.9 Å². The van der Waals surface area contributed by atoms with Gasteiger partial charge in [-0.05, 0) is 75.1 Å². The third kappa shape index (κ3) is 4.54. The van der Waals surface area contributed by atoms with Crippen molar-refractivity contribution in [1.29, 1.82) is 0 Å². The van der Waals surface area contributed by atoms with Gasteiger partial charge in [0.25, 0.3) is 5.91 Å². The molecule has 1 amide bonds. The number of nitrogens with zero attached hydrogens (tertiary/aromatic N) is 1. The van der Waals surface area contributed by atoms with Crippen molar-refractivity contribution in [3.8, 4) is 17.0 Å². The highest BCUT2D eigenvalue weighted by molar-refractivity contribution is 7.14. The van der Waals surface area contributed by atoms with Crippen LogP contribution in [0, 0.1) is 27.7 Å². The summed E-state index contributed by atoms with van der Waals surface area (Å²) in [4.78, 5) is 17.0. The largest absolute Gasteiger partial charge is 0.481 e. The van der Waals surface area contributed by atoms with E-state index in [4.69, 9.17) is 16.3 Å². The summed E-state index contributed by atoms with van der Waals surface area (Å²) in [7, 11) is 0.